The van der Waals surface area contributed by atoms with Gasteiger partial charge in [-0.2, -0.15) is 0 Å². The van der Waals surface area contributed by atoms with E-state index in [1.807, 2.05) is 37.3 Å². The number of hydrogen-bond acceptors (Lipinski definition) is 4. The Morgan fingerprint density at radius 1 is 1.30 bits per heavy atom. The van der Waals surface area contributed by atoms with Gasteiger partial charge in [0.15, 0.2) is 0 Å². The molecule has 142 valence electrons. The largest absolute Gasteiger partial charge is 0.339 e. The number of hydrogen-bond donors (Lipinski definition) is 2. The van der Waals surface area contributed by atoms with Crippen molar-refractivity contribution in [3.8, 4) is 0 Å². The predicted molar refractivity (Wildman–Crippen MR) is 104 cm³/mol. The number of nitrogens with one attached hydrogen (secondary N) is 1. The maximum absolute atomic E-state index is 12.6. The van der Waals surface area contributed by atoms with E-state index in [1.54, 1.807) is 18.3 Å². The molecule has 3 unspecified atom stereocenters. The lowest BCUT2D eigenvalue weighted by Gasteiger charge is -2.23. The Labute approximate surface area is 163 Å². The highest BCUT2D eigenvalue weighted by atomic mass is 35.5. The van der Waals surface area contributed by atoms with Crippen LogP contribution in [0.15, 0.2) is 48.7 Å². The van der Waals surface area contributed by atoms with E-state index in [2.05, 4.69) is 10.3 Å². The molecular formula is C20H23ClN4O2. The van der Waals surface area contributed by atoms with Crippen LogP contribution in [0.1, 0.15) is 30.6 Å². The van der Waals surface area contributed by atoms with Gasteiger partial charge < -0.3 is 16.0 Å². The molecule has 6 nitrogen and oxygen atoms in total. The number of rotatable bonds is 4. The Balaban J connectivity index is 1.75. The SMILES string of the molecule is CC1CC(N)CN1C(=O)C(=O)NC(Cc1ccc(Cl)cc1)c1ccccn1. The van der Waals surface area contributed by atoms with Crippen LogP contribution < -0.4 is 11.1 Å². The van der Waals surface area contributed by atoms with Crippen molar-refractivity contribution in [1.29, 1.82) is 0 Å². The molecule has 1 aliphatic heterocycles. The molecule has 0 spiro atoms. The molecule has 3 N–H and O–H groups in total. The first-order valence-electron chi connectivity index (χ1n) is 8.96. The smallest absolute Gasteiger partial charge is 0.312 e. The molecule has 2 heterocycles. The average molecular weight is 387 g/mol. The zero-order chi connectivity index (χ0) is 19.4. The van der Waals surface area contributed by atoms with Gasteiger partial charge in [0.05, 0.1) is 11.7 Å². The standard InChI is InChI=1S/C20H23ClN4O2/c1-13-10-16(22)12-25(13)20(27)19(26)24-18(17-4-2-3-9-23-17)11-14-5-7-15(21)8-6-14/h2-9,13,16,18H,10-12,22H2,1H3,(H,24,26). The third-order valence-corrected chi connectivity index (χ3v) is 5.02. The second-order valence-corrected chi connectivity index (χ2v) is 7.35. The number of likely N-dealkylation sites (tertiary alicyclic amines) is 1. The molecule has 0 radical (unpaired) electrons. The van der Waals surface area contributed by atoms with Crippen molar-refractivity contribution in [2.45, 2.75) is 37.9 Å². The number of nitrogens with two attached hydrogens (primary N) is 1. The van der Waals surface area contributed by atoms with Crippen molar-refractivity contribution < 1.29 is 9.59 Å². The molecule has 3 atom stereocenters. The Hall–Kier alpha value is -2.44. The van der Waals surface area contributed by atoms with Gasteiger partial charge >= 0.3 is 11.8 Å². The van der Waals surface area contributed by atoms with Crippen LogP contribution in [0.3, 0.4) is 0 Å². The zero-order valence-electron chi connectivity index (χ0n) is 15.1. The highest BCUT2D eigenvalue weighted by Gasteiger charge is 2.34. The molecular weight excluding hydrogens is 364 g/mol. The van der Waals surface area contributed by atoms with Crippen LogP contribution in [-0.2, 0) is 16.0 Å². The Morgan fingerprint density at radius 2 is 2.04 bits per heavy atom. The van der Waals surface area contributed by atoms with Crippen LogP contribution >= 0.6 is 11.6 Å². The fourth-order valence-corrected chi connectivity index (χ4v) is 3.50. The minimum absolute atomic E-state index is 0.0391. The molecule has 2 aromatic rings. The van der Waals surface area contributed by atoms with Crippen molar-refractivity contribution in [1.82, 2.24) is 15.2 Å². The summed E-state index contributed by atoms with van der Waals surface area (Å²) in [5, 5.41) is 3.49. The number of halogens is 1. The molecule has 1 aromatic heterocycles. The Kier molecular flexibility index (Phi) is 6.08. The summed E-state index contributed by atoms with van der Waals surface area (Å²) in [4.78, 5) is 31.1. The van der Waals surface area contributed by atoms with Gasteiger partial charge in [0.2, 0.25) is 0 Å². The summed E-state index contributed by atoms with van der Waals surface area (Å²) in [7, 11) is 0. The van der Waals surface area contributed by atoms with Gasteiger partial charge in [-0.25, -0.2) is 0 Å². The summed E-state index contributed by atoms with van der Waals surface area (Å²) >= 11 is 5.95. The minimum Gasteiger partial charge on any atom is -0.339 e. The van der Waals surface area contributed by atoms with Crippen molar-refractivity contribution in [2.24, 2.45) is 5.73 Å². The summed E-state index contributed by atoms with van der Waals surface area (Å²) < 4.78 is 0. The molecule has 1 fully saturated rings. The van der Waals surface area contributed by atoms with E-state index in [0.717, 1.165) is 5.56 Å². The molecule has 0 saturated carbocycles. The number of amides is 2. The Morgan fingerprint density at radius 3 is 2.63 bits per heavy atom. The van der Waals surface area contributed by atoms with E-state index in [4.69, 9.17) is 17.3 Å². The average Bonchev–Trinajstić information content (AvgIpc) is 3.01. The molecule has 7 heteroatoms. The normalized spacial score (nSPS) is 20.3. The van der Waals surface area contributed by atoms with Gasteiger partial charge in [-0.05, 0) is 49.6 Å². The van der Waals surface area contributed by atoms with E-state index < -0.39 is 17.9 Å². The van der Waals surface area contributed by atoms with E-state index in [1.165, 1.54) is 4.90 Å². The van der Waals surface area contributed by atoms with Gasteiger partial charge in [-0.3, -0.25) is 14.6 Å². The third-order valence-electron chi connectivity index (χ3n) is 4.77. The van der Waals surface area contributed by atoms with Crippen LogP contribution in [0, 0.1) is 0 Å². The molecule has 0 aliphatic carbocycles. The minimum atomic E-state index is -0.638. The first-order valence-corrected chi connectivity index (χ1v) is 9.34. The second-order valence-electron chi connectivity index (χ2n) is 6.91. The number of benzene rings is 1. The summed E-state index contributed by atoms with van der Waals surface area (Å²) in [6, 6.07) is 12.3. The van der Waals surface area contributed by atoms with Gasteiger partial charge in [0, 0.05) is 29.8 Å². The molecule has 1 aliphatic rings. The molecule has 3 rings (SSSR count). The maximum Gasteiger partial charge on any atom is 0.312 e. The zero-order valence-corrected chi connectivity index (χ0v) is 15.9. The lowest BCUT2D eigenvalue weighted by molar-refractivity contribution is -0.146. The lowest BCUT2D eigenvalue weighted by Crippen LogP contribution is -2.46. The molecule has 1 saturated heterocycles. The maximum atomic E-state index is 12.6. The van der Waals surface area contributed by atoms with E-state index in [-0.39, 0.29) is 12.1 Å². The summed E-state index contributed by atoms with van der Waals surface area (Å²) in [5.41, 5.74) is 7.59. The number of nitrogens with zero attached hydrogens (tertiary/aromatic N) is 2. The Bertz CT molecular complexity index is 797. The van der Waals surface area contributed by atoms with Crippen LogP contribution in [-0.4, -0.2) is 40.3 Å². The van der Waals surface area contributed by atoms with Crippen LogP contribution in [0.2, 0.25) is 5.02 Å². The molecule has 27 heavy (non-hydrogen) atoms. The monoisotopic (exact) mass is 386 g/mol. The van der Waals surface area contributed by atoms with Crippen molar-refractivity contribution in [2.75, 3.05) is 6.54 Å². The topological polar surface area (TPSA) is 88.3 Å². The third kappa shape index (κ3) is 4.84. The van der Waals surface area contributed by atoms with Crippen LogP contribution in [0.5, 0.6) is 0 Å². The van der Waals surface area contributed by atoms with Crippen LogP contribution in [0.4, 0.5) is 0 Å². The number of carbonyl (C=O) groups is 2. The number of pyridine rings is 1. The second kappa shape index (κ2) is 8.50. The fraction of sp³-hybridized carbons (Fsp3) is 0.350. The van der Waals surface area contributed by atoms with Gasteiger partial charge in [0.25, 0.3) is 0 Å². The highest BCUT2D eigenvalue weighted by molar-refractivity contribution is 6.35. The predicted octanol–water partition coefficient (Wildman–Crippen LogP) is 2.08. The van der Waals surface area contributed by atoms with Crippen molar-refractivity contribution in [3.63, 3.8) is 0 Å². The van der Waals surface area contributed by atoms with E-state index >= 15 is 0 Å². The van der Waals surface area contributed by atoms with Crippen molar-refractivity contribution >= 4 is 23.4 Å². The molecule has 0 bridgehead atoms. The number of carbonyl (C=O) groups excluding carboxylic acids is 2. The van der Waals surface area contributed by atoms with Gasteiger partial charge in [0.1, 0.15) is 0 Å². The first kappa shape index (κ1) is 19.3. The summed E-state index contributed by atoms with van der Waals surface area (Å²) in [6.07, 6.45) is 2.87. The van der Waals surface area contributed by atoms with Gasteiger partial charge in [-0.1, -0.05) is 29.8 Å². The fourth-order valence-electron chi connectivity index (χ4n) is 3.37. The quantitative estimate of drug-likeness (QED) is 0.787. The molecule has 1 aromatic carbocycles. The lowest BCUT2D eigenvalue weighted by atomic mass is 10.0. The highest BCUT2D eigenvalue weighted by Crippen LogP contribution is 2.20. The first-order chi connectivity index (χ1) is 12.9. The number of aromatic nitrogens is 1. The molecule has 2 amide bonds. The van der Waals surface area contributed by atoms with Crippen molar-refractivity contribution in [3.05, 3.63) is 64.9 Å². The van der Waals surface area contributed by atoms with Gasteiger partial charge in [-0.15, -0.1) is 0 Å². The summed E-state index contributed by atoms with van der Waals surface area (Å²) in [5.74, 6) is -1.19. The van der Waals surface area contributed by atoms with E-state index in [0.29, 0.717) is 30.1 Å². The van der Waals surface area contributed by atoms with Crippen LogP contribution in [0.25, 0.3) is 0 Å². The summed E-state index contributed by atoms with van der Waals surface area (Å²) in [6.45, 7) is 2.31. The van der Waals surface area contributed by atoms with E-state index in [9.17, 15) is 9.59 Å².